The van der Waals surface area contributed by atoms with Crippen LogP contribution in [0.15, 0.2) is 42.4 Å². The van der Waals surface area contributed by atoms with Crippen molar-refractivity contribution in [3.8, 4) is 6.07 Å². The molecule has 11 heteroatoms. The first-order valence-corrected chi connectivity index (χ1v) is 12.9. The molecular weight excluding hydrogens is 502 g/mol. The third kappa shape index (κ3) is 5.09. The first-order valence-electron chi connectivity index (χ1n) is 12.5. The molecule has 1 unspecified atom stereocenters. The van der Waals surface area contributed by atoms with Gasteiger partial charge in [-0.05, 0) is 48.9 Å². The molecule has 1 saturated carbocycles. The number of hydrogen-bond acceptors (Lipinski definition) is 8. The number of anilines is 2. The molecule has 8 nitrogen and oxygen atoms in total. The van der Waals surface area contributed by atoms with E-state index in [9.17, 15) is 9.65 Å². The highest BCUT2D eigenvalue weighted by molar-refractivity contribution is 6.36. The topological polar surface area (TPSA) is 101 Å². The predicted octanol–water partition coefficient (Wildman–Crippen LogP) is 4.82. The Hall–Kier alpha value is -3.55. The van der Waals surface area contributed by atoms with Gasteiger partial charge in [0.1, 0.15) is 13.9 Å². The largest absolute Gasteiger partial charge is 0.383 e. The van der Waals surface area contributed by atoms with Crippen molar-refractivity contribution in [1.82, 2.24) is 25.9 Å². The summed E-state index contributed by atoms with van der Waals surface area (Å²) in [4.78, 5) is 8.46. The zero-order chi connectivity index (χ0) is 27.2. The van der Waals surface area contributed by atoms with E-state index in [0.717, 1.165) is 12.8 Å². The number of rotatable bonds is 7. The first-order chi connectivity index (χ1) is 18.0. The van der Waals surface area contributed by atoms with Crippen molar-refractivity contribution in [3.05, 3.63) is 70.2 Å². The summed E-state index contributed by atoms with van der Waals surface area (Å²) in [7, 11) is 7.10. The molecule has 3 aromatic rings. The molecule has 5 rings (SSSR count). The summed E-state index contributed by atoms with van der Waals surface area (Å²) in [5.74, 6) is -0.585. The number of fused-ring (bicyclic) bond motifs is 1. The Morgan fingerprint density at radius 3 is 2.71 bits per heavy atom. The molecule has 0 bridgehead atoms. The second-order valence-corrected chi connectivity index (χ2v) is 11.5. The Morgan fingerprint density at radius 1 is 1.29 bits per heavy atom. The Balaban J connectivity index is 1.62. The number of nitrogens with one attached hydrogen (secondary N) is 4. The van der Waals surface area contributed by atoms with Crippen LogP contribution in [0.5, 0.6) is 0 Å². The third-order valence-corrected chi connectivity index (χ3v) is 6.90. The lowest BCUT2D eigenvalue weighted by molar-refractivity contribution is 0.260. The van der Waals surface area contributed by atoms with E-state index in [4.69, 9.17) is 19.4 Å². The van der Waals surface area contributed by atoms with Crippen LogP contribution in [0.1, 0.15) is 50.4 Å². The molecule has 2 aromatic heterocycles. The number of hydrogen-bond donors (Lipinski definition) is 4. The SMILES string of the molecule is [B]C(Nc1cc(Cl)c2ncc(C#N)c(NCC(C)(C)C)c2c1)(C1=CN(C2CC2)NN1)c1ccc(F)nc1C. The van der Waals surface area contributed by atoms with E-state index in [-0.39, 0.29) is 5.41 Å². The van der Waals surface area contributed by atoms with Crippen molar-refractivity contribution >= 4 is 41.7 Å². The quantitative estimate of drug-likeness (QED) is 0.255. The molecule has 0 spiro atoms. The predicted molar refractivity (Wildman–Crippen MR) is 149 cm³/mol. The van der Waals surface area contributed by atoms with Crippen molar-refractivity contribution in [3.63, 3.8) is 0 Å². The van der Waals surface area contributed by atoms with Crippen LogP contribution in [-0.4, -0.2) is 35.4 Å². The van der Waals surface area contributed by atoms with Crippen LogP contribution >= 0.6 is 11.6 Å². The maximum absolute atomic E-state index is 13.9. The minimum Gasteiger partial charge on any atom is -0.383 e. The molecule has 1 aliphatic carbocycles. The van der Waals surface area contributed by atoms with E-state index >= 15 is 0 Å². The van der Waals surface area contributed by atoms with Crippen LogP contribution in [0, 0.1) is 29.6 Å². The van der Waals surface area contributed by atoms with E-state index in [0.29, 0.717) is 62.4 Å². The monoisotopic (exact) mass is 530 g/mol. The molecule has 1 aliphatic heterocycles. The van der Waals surface area contributed by atoms with E-state index in [1.807, 2.05) is 17.3 Å². The van der Waals surface area contributed by atoms with Gasteiger partial charge < -0.3 is 16.1 Å². The summed E-state index contributed by atoms with van der Waals surface area (Å²) in [6.45, 7) is 8.68. The summed E-state index contributed by atoms with van der Waals surface area (Å²) in [5, 5.41) is 19.7. The first kappa shape index (κ1) is 26.1. The number of pyridine rings is 2. The molecule has 3 heterocycles. The highest BCUT2D eigenvalue weighted by Gasteiger charge is 2.39. The molecular formula is C27H29BClFN8. The normalized spacial score (nSPS) is 17.0. The van der Waals surface area contributed by atoms with Gasteiger partial charge in [-0.25, -0.2) is 4.98 Å². The Labute approximate surface area is 228 Å². The Kier molecular flexibility index (Phi) is 6.62. The molecule has 4 N–H and O–H groups in total. The Morgan fingerprint density at radius 2 is 2.05 bits per heavy atom. The van der Waals surface area contributed by atoms with Crippen LogP contribution < -0.4 is 21.6 Å². The van der Waals surface area contributed by atoms with Crippen molar-refractivity contribution in [2.45, 2.75) is 52.0 Å². The fraction of sp³-hybridized carbons (Fsp3) is 0.370. The summed E-state index contributed by atoms with van der Waals surface area (Å²) >= 11 is 6.71. The van der Waals surface area contributed by atoms with Crippen molar-refractivity contribution in [1.29, 1.82) is 5.26 Å². The molecule has 38 heavy (non-hydrogen) atoms. The zero-order valence-corrected chi connectivity index (χ0v) is 22.5. The van der Waals surface area contributed by atoms with Gasteiger partial charge in [0.05, 0.1) is 32.9 Å². The highest BCUT2D eigenvalue weighted by Crippen LogP contribution is 2.39. The maximum Gasteiger partial charge on any atom is 0.213 e. The molecule has 0 amide bonds. The van der Waals surface area contributed by atoms with Gasteiger partial charge in [-0.3, -0.25) is 9.99 Å². The van der Waals surface area contributed by atoms with Gasteiger partial charge in [-0.15, -0.1) is 5.53 Å². The Bertz CT molecular complexity index is 1480. The van der Waals surface area contributed by atoms with Crippen LogP contribution in [0.4, 0.5) is 15.8 Å². The minimum atomic E-state index is -1.32. The summed E-state index contributed by atoms with van der Waals surface area (Å²) in [6.07, 6.45) is 5.61. The molecule has 194 valence electrons. The smallest absolute Gasteiger partial charge is 0.213 e. The molecule has 1 atom stereocenters. The van der Waals surface area contributed by atoms with Gasteiger partial charge in [0, 0.05) is 41.8 Å². The lowest BCUT2D eigenvalue weighted by atomic mass is 9.69. The van der Waals surface area contributed by atoms with E-state index < -0.39 is 11.4 Å². The molecule has 2 aliphatic rings. The molecule has 0 saturated heterocycles. The van der Waals surface area contributed by atoms with E-state index in [1.54, 1.807) is 19.1 Å². The van der Waals surface area contributed by atoms with Gasteiger partial charge in [-0.2, -0.15) is 9.65 Å². The average Bonchev–Trinajstić information content (AvgIpc) is 3.57. The van der Waals surface area contributed by atoms with Crippen LogP contribution in [-0.2, 0) is 5.44 Å². The number of hydrazine groups is 2. The number of halogens is 2. The fourth-order valence-electron chi connectivity index (χ4n) is 4.49. The standard InChI is InChI=1S/C27H29BClFN8/c1-15-20(7-8-23(30)34-15)27(28,22-13-38(37-36-22)18-5-6-18)35-17-9-19-24(33-14-26(2,3)4)16(11-31)12-32-25(19)21(29)10-17/h7-10,12-13,18,35-37H,5-6,14H2,1-4H3,(H,32,33). The second kappa shape index (κ2) is 9.64. The number of nitriles is 1. The number of aromatic nitrogens is 2. The highest BCUT2D eigenvalue weighted by atomic mass is 35.5. The number of aryl methyl sites for hydroxylation is 1. The fourth-order valence-corrected chi connectivity index (χ4v) is 4.76. The summed E-state index contributed by atoms with van der Waals surface area (Å²) < 4.78 is 13.9. The van der Waals surface area contributed by atoms with Gasteiger partial charge in [-0.1, -0.05) is 38.4 Å². The average molecular weight is 531 g/mol. The van der Waals surface area contributed by atoms with Gasteiger partial charge in [0.2, 0.25) is 5.95 Å². The van der Waals surface area contributed by atoms with Gasteiger partial charge >= 0.3 is 0 Å². The van der Waals surface area contributed by atoms with Crippen LogP contribution in [0.3, 0.4) is 0 Å². The van der Waals surface area contributed by atoms with Crippen LogP contribution in [0.25, 0.3) is 10.9 Å². The third-order valence-electron chi connectivity index (χ3n) is 6.61. The van der Waals surface area contributed by atoms with Gasteiger partial charge in [0.25, 0.3) is 0 Å². The van der Waals surface area contributed by atoms with Crippen LogP contribution in [0.2, 0.25) is 5.02 Å². The number of nitrogens with zero attached hydrogens (tertiary/aromatic N) is 4. The van der Waals surface area contributed by atoms with E-state index in [1.165, 1.54) is 12.3 Å². The number of benzene rings is 1. The zero-order valence-electron chi connectivity index (χ0n) is 21.8. The molecule has 2 radical (unpaired) electrons. The second-order valence-electron chi connectivity index (χ2n) is 11.0. The molecule has 1 aromatic carbocycles. The minimum absolute atomic E-state index is 0.0253. The van der Waals surface area contributed by atoms with E-state index in [2.05, 4.69) is 58.4 Å². The van der Waals surface area contributed by atoms with Crippen molar-refractivity contribution < 1.29 is 4.39 Å². The lowest BCUT2D eigenvalue weighted by Crippen LogP contribution is -2.46. The molecule has 1 fully saturated rings. The summed E-state index contributed by atoms with van der Waals surface area (Å²) in [6, 6.07) is 9.14. The van der Waals surface area contributed by atoms with Crippen molar-refractivity contribution in [2.75, 3.05) is 17.2 Å². The van der Waals surface area contributed by atoms with Gasteiger partial charge in [0.15, 0.2) is 0 Å². The summed E-state index contributed by atoms with van der Waals surface area (Å²) in [5.41, 5.74) is 8.87. The van der Waals surface area contributed by atoms with Crippen molar-refractivity contribution in [2.24, 2.45) is 5.41 Å². The lowest BCUT2D eigenvalue weighted by Gasteiger charge is -2.35. The maximum atomic E-state index is 13.9.